The number of nitrogens with zero attached hydrogens (tertiary/aromatic N) is 2. The number of hydrogen-bond donors (Lipinski definition) is 2. The first-order valence-corrected chi connectivity index (χ1v) is 9.19. The van der Waals surface area contributed by atoms with Crippen LogP contribution in [0.3, 0.4) is 0 Å². The van der Waals surface area contributed by atoms with Gasteiger partial charge in [0.05, 0.1) is 23.4 Å². The number of nitrogens with one attached hydrogen (secondary N) is 2. The number of nitro groups is 1. The van der Waals surface area contributed by atoms with Crippen molar-refractivity contribution in [2.45, 2.75) is 0 Å². The average Bonchev–Trinajstić information content (AvgIpc) is 2.54. The Hall–Kier alpha value is -1.78. The van der Waals surface area contributed by atoms with Gasteiger partial charge >= 0.3 is 0 Å². The molecule has 2 aromatic rings. The SMILES string of the molecule is O=C(CNc1c(Br)cc(Br)cc1Br)N/N=C\c1ccc([N+](=O)[O-])cc1. The summed E-state index contributed by atoms with van der Waals surface area (Å²) < 4.78 is 2.50. The summed E-state index contributed by atoms with van der Waals surface area (Å²) in [6, 6.07) is 9.54. The average molecular weight is 535 g/mol. The van der Waals surface area contributed by atoms with Gasteiger partial charge in [-0.15, -0.1) is 0 Å². The molecule has 2 N–H and O–H groups in total. The van der Waals surface area contributed by atoms with Crippen LogP contribution < -0.4 is 10.7 Å². The summed E-state index contributed by atoms with van der Waals surface area (Å²) in [6.07, 6.45) is 1.41. The van der Waals surface area contributed by atoms with E-state index < -0.39 is 4.92 Å². The number of hydrogen-bond acceptors (Lipinski definition) is 5. The number of anilines is 1. The lowest BCUT2D eigenvalue weighted by atomic mass is 10.2. The predicted octanol–water partition coefficient (Wildman–Crippen LogP) is 4.44. The van der Waals surface area contributed by atoms with E-state index in [1.54, 1.807) is 12.1 Å². The summed E-state index contributed by atoms with van der Waals surface area (Å²) in [7, 11) is 0. The van der Waals surface area contributed by atoms with Crippen LogP contribution >= 0.6 is 47.8 Å². The maximum absolute atomic E-state index is 11.8. The zero-order valence-electron chi connectivity index (χ0n) is 12.5. The smallest absolute Gasteiger partial charge is 0.269 e. The highest BCUT2D eigenvalue weighted by atomic mass is 79.9. The van der Waals surface area contributed by atoms with Crippen LogP contribution in [0.5, 0.6) is 0 Å². The molecule has 2 rings (SSSR count). The number of hydrazone groups is 1. The second-order valence-electron chi connectivity index (χ2n) is 4.74. The fraction of sp³-hybridized carbons (Fsp3) is 0.0667. The molecule has 0 saturated carbocycles. The molecule has 0 saturated heterocycles. The van der Waals surface area contributed by atoms with Crippen molar-refractivity contribution in [3.8, 4) is 0 Å². The number of nitro benzene ring substituents is 1. The van der Waals surface area contributed by atoms with Gasteiger partial charge in [0.1, 0.15) is 0 Å². The van der Waals surface area contributed by atoms with Gasteiger partial charge in [-0.1, -0.05) is 15.9 Å². The third-order valence-electron chi connectivity index (χ3n) is 2.94. The minimum Gasteiger partial charge on any atom is -0.374 e. The molecule has 0 spiro atoms. The Balaban J connectivity index is 1.87. The zero-order chi connectivity index (χ0) is 18.4. The van der Waals surface area contributed by atoms with Crippen molar-refractivity contribution in [2.24, 2.45) is 5.10 Å². The monoisotopic (exact) mass is 532 g/mol. The summed E-state index contributed by atoms with van der Waals surface area (Å²) >= 11 is 10.2. The molecule has 25 heavy (non-hydrogen) atoms. The van der Waals surface area contributed by atoms with Gasteiger partial charge in [-0.2, -0.15) is 5.10 Å². The van der Waals surface area contributed by atoms with Gasteiger partial charge in [0.2, 0.25) is 0 Å². The summed E-state index contributed by atoms with van der Waals surface area (Å²) in [5.41, 5.74) is 3.76. The van der Waals surface area contributed by atoms with E-state index in [1.807, 2.05) is 12.1 Å². The number of rotatable bonds is 6. The first kappa shape index (κ1) is 19.5. The zero-order valence-corrected chi connectivity index (χ0v) is 17.3. The van der Waals surface area contributed by atoms with Gasteiger partial charge in [0.25, 0.3) is 11.6 Å². The molecule has 0 atom stereocenters. The molecule has 130 valence electrons. The van der Waals surface area contributed by atoms with E-state index in [0.29, 0.717) is 5.56 Å². The van der Waals surface area contributed by atoms with E-state index in [2.05, 4.69) is 63.6 Å². The van der Waals surface area contributed by atoms with Crippen molar-refractivity contribution >= 4 is 71.3 Å². The molecule has 0 fully saturated rings. The van der Waals surface area contributed by atoms with Crippen LogP contribution in [0.15, 0.2) is 54.9 Å². The lowest BCUT2D eigenvalue weighted by Crippen LogP contribution is -2.26. The molecule has 7 nitrogen and oxygen atoms in total. The van der Waals surface area contributed by atoms with Crippen LogP contribution in [0, 0.1) is 10.1 Å². The maximum atomic E-state index is 11.8. The third-order valence-corrected chi connectivity index (χ3v) is 4.65. The van der Waals surface area contributed by atoms with Crippen LogP contribution in [0.25, 0.3) is 0 Å². The predicted molar refractivity (Wildman–Crippen MR) is 107 cm³/mol. The van der Waals surface area contributed by atoms with Crippen molar-refractivity contribution in [3.05, 3.63) is 65.5 Å². The fourth-order valence-electron chi connectivity index (χ4n) is 1.78. The van der Waals surface area contributed by atoms with E-state index in [0.717, 1.165) is 19.1 Å². The molecular formula is C15H11Br3N4O3. The Bertz CT molecular complexity index is 802. The van der Waals surface area contributed by atoms with Gasteiger partial charge in [0, 0.05) is 25.6 Å². The van der Waals surface area contributed by atoms with Crippen molar-refractivity contribution in [1.82, 2.24) is 5.43 Å². The number of non-ortho nitro benzene ring substituents is 1. The fourth-order valence-corrected chi connectivity index (χ4v) is 4.32. The van der Waals surface area contributed by atoms with Crippen LogP contribution in [0.2, 0.25) is 0 Å². The van der Waals surface area contributed by atoms with Gasteiger partial charge in [-0.05, 0) is 61.7 Å². The van der Waals surface area contributed by atoms with Gasteiger partial charge in [-0.25, -0.2) is 5.43 Å². The Morgan fingerprint density at radius 1 is 1.16 bits per heavy atom. The van der Waals surface area contributed by atoms with E-state index >= 15 is 0 Å². The molecule has 2 aromatic carbocycles. The Morgan fingerprint density at radius 3 is 2.32 bits per heavy atom. The molecule has 0 bridgehead atoms. The first-order valence-electron chi connectivity index (χ1n) is 6.81. The van der Waals surface area contributed by atoms with E-state index in [1.165, 1.54) is 18.3 Å². The Morgan fingerprint density at radius 2 is 1.76 bits per heavy atom. The summed E-state index contributed by atoms with van der Waals surface area (Å²) in [5.74, 6) is -0.333. The number of carbonyl (C=O) groups is 1. The highest BCUT2D eigenvalue weighted by Crippen LogP contribution is 2.34. The highest BCUT2D eigenvalue weighted by Gasteiger charge is 2.08. The molecule has 0 heterocycles. The molecule has 10 heteroatoms. The first-order chi connectivity index (χ1) is 11.9. The lowest BCUT2D eigenvalue weighted by Gasteiger charge is -2.10. The van der Waals surface area contributed by atoms with E-state index in [4.69, 9.17) is 0 Å². The Labute approximate surface area is 168 Å². The number of amides is 1. The van der Waals surface area contributed by atoms with Crippen LogP contribution in [-0.2, 0) is 4.79 Å². The second-order valence-corrected chi connectivity index (χ2v) is 7.36. The number of halogens is 3. The molecular weight excluding hydrogens is 524 g/mol. The minimum absolute atomic E-state index is 0.00367. The largest absolute Gasteiger partial charge is 0.374 e. The molecule has 0 aliphatic rings. The van der Waals surface area contributed by atoms with Gasteiger partial charge < -0.3 is 5.32 Å². The lowest BCUT2D eigenvalue weighted by molar-refractivity contribution is -0.384. The summed E-state index contributed by atoms with van der Waals surface area (Å²) in [6.45, 7) is 0.0242. The Kier molecular flexibility index (Phi) is 7.09. The minimum atomic E-state index is -0.479. The van der Waals surface area contributed by atoms with Crippen molar-refractivity contribution < 1.29 is 9.72 Å². The maximum Gasteiger partial charge on any atom is 0.269 e. The second kappa shape index (κ2) is 9.07. The molecule has 0 aliphatic heterocycles. The molecule has 0 aliphatic carbocycles. The quantitative estimate of drug-likeness (QED) is 0.325. The van der Waals surface area contributed by atoms with Crippen LogP contribution in [0.1, 0.15) is 5.56 Å². The highest BCUT2D eigenvalue weighted by molar-refractivity contribution is 9.11. The summed E-state index contributed by atoms with van der Waals surface area (Å²) in [5, 5.41) is 17.4. The van der Waals surface area contributed by atoms with Crippen LogP contribution in [-0.4, -0.2) is 23.6 Å². The van der Waals surface area contributed by atoms with E-state index in [-0.39, 0.29) is 18.1 Å². The topological polar surface area (TPSA) is 96.6 Å². The standard InChI is InChI=1S/C15H11Br3N4O3/c16-10-5-12(17)15(13(18)6-10)19-8-14(23)21-20-7-9-1-3-11(4-2-9)22(24)25/h1-7,19H,8H2,(H,21,23)/b20-7-. The van der Waals surface area contributed by atoms with Crippen molar-refractivity contribution in [3.63, 3.8) is 0 Å². The normalized spacial score (nSPS) is 10.7. The van der Waals surface area contributed by atoms with Crippen molar-refractivity contribution in [1.29, 1.82) is 0 Å². The number of benzene rings is 2. The molecule has 1 amide bonds. The van der Waals surface area contributed by atoms with Crippen molar-refractivity contribution in [2.75, 3.05) is 11.9 Å². The van der Waals surface area contributed by atoms with Gasteiger partial charge in [-0.3, -0.25) is 14.9 Å². The van der Waals surface area contributed by atoms with Gasteiger partial charge in [0.15, 0.2) is 0 Å². The third kappa shape index (κ3) is 5.91. The summed E-state index contributed by atoms with van der Waals surface area (Å²) in [4.78, 5) is 21.9. The van der Waals surface area contributed by atoms with Crippen LogP contribution in [0.4, 0.5) is 11.4 Å². The molecule has 0 aromatic heterocycles. The molecule has 0 unspecified atom stereocenters. The number of carbonyl (C=O) groups excluding carboxylic acids is 1. The molecule has 0 radical (unpaired) electrons. The van der Waals surface area contributed by atoms with E-state index in [9.17, 15) is 14.9 Å².